The number of hydrogen-bond donors (Lipinski definition) is 1. The Balaban J connectivity index is 3.80. The molecule has 0 aliphatic heterocycles. The maximum absolute atomic E-state index is 9.27. The molecule has 0 aromatic rings. The molecule has 2 atom stereocenters. The highest BCUT2D eigenvalue weighted by Gasteiger charge is 2.15. The molecule has 1 N–H and O–H groups in total. The predicted octanol–water partition coefficient (Wildman–Crippen LogP) is 1.10. The molecule has 0 aromatic carbocycles. The molecule has 0 heterocycles. The molecule has 0 aromatic heterocycles. The Kier molecular flexibility index (Phi) is 4.65. The van der Waals surface area contributed by atoms with E-state index < -0.39 is 0 Å². The summed E-state index contributed by atoms with van der Waals surface area (Å²) in [4.78, 5) is 2.17. The van der Waals surface area contributed by atoms with E-state index in [1.807, 2.05) is 14.0 Å². The fourth-order valence-electron chi connectivity index (χ4n) is 1.26. The number of likely N-dealkylation sites (N-methyl/N-ethyl adjacent to an activating group) is 1. The molecule has 10 heavy (non-hydrogen) atoms. The third-order valence-electron chi connectivity index (χ3n) is 2.04. The Morgan fingerprint density at radius 2 is 1.90 bits per heavy atom. The van der Waals surface area contributed by atoms with Gasteiger partial charge in [0.15, 0.2) is 0 Å². The molecule has 0 aliphatic carbocycles. The Morgan fingerprint density at radius 3 is 2.00 bits per heavy atom. The molecule has 0 radical (unpaired) electrons. The van der Waals surface area contributed by atoms with Gasteiger partial charge in [-0.05, 0) is 26.9 Å². The van der Waals surface area contributed by atoms with Crippen molar-refractivity contribution in [1.82, 2.24) is 4.90 Å². The van der Waals surface area contributed by atoms with E-state index in [2.05, 4.69) is 18.7 Å². The number of aliphatic hydroxyl groups excluding tert-OH is 1. The van der Waals surface area contributed by atoms with Gasteiger partial charge < -0.3 is 10.0 Å². The predicted molar refractivity (Wildman–Crippen MR) is 44.1 cm³/mol. The van der Waals surface area contributed by atoms with Crippen molar-refractivity contribution in [3.05, 3.63) is 0 Å². The van der Waals surface area contributed by atoms with E-state index in [1.54, 1.807) is 0 Å². The SMILES string of the molecule is CCC(C(C)O)N(C)CC. The van der Waals surface area contributed by atoms with Gasteiger partial charge >= 0.3 is 0 Å². The molecule has 0 fully saturated rings. The minimum Gasteiger partial charge on any atom is -0.392 e. The van der Waals surface area contributed by atoms with E-state index in [-0.39, 0.29) is 6.10 Å². The summed E-state index contributed by atoms with van der Waals surface area (Å²) in [5, 5.41) is 9.27. The second kappa shape index (κ2) is 4.69. The molecular weight excluding hydrogens is 126 g/mol. The Morgan fingerprint density at radius 1 is 1.40 bits per heavy atom. The molecule has 2 heteroatoms. The highest BCUT2D eigenvalue weighted by Crippen LogP contribution is 2.05. The maximum Gasteiger partial charge on any atom is 0.0667 e. The van der Waals surface area contributed by atoms with Gasteiger partial charge in [0, 0.05) is 6.04 Å². The normalized spacial score (nSPS) is 17.4. The first-order valence-electron chi connectivity index (χ1n) is 4.01. The lowest BCUT2D eigenvalue weighted by atomic mass is 10.1. The largest absolute Gasteiger partial charge is 0.392 e. The summed E-state index contributed by atoms with van der Waals surface area (Å²) in [6.45, 7) is 7.05. The van der Waals surface area contributed by atoms with E-state index in [9.17, 15) is 5.11 Å². The lowest BCUT2D eigenvalue weighted by Crippen LogP contribution is -2.39. The highest BCUT2D eigenvalue weighted by molar-refractivity contribution is 4.70. The topological polar surface area (TPSA) is 23.5 Å². The summed E-state index contributed by atoms with van der Waals surface area (Å²) in [6, 6.07) is 0.324. The summed E-state index contributed by atoms with van der Waals surface area (Å²) in [7, 11) is 2.04. The van der Waals surface area contributed by atoms with Crippen LogP contribution in [0.3, 0.4) is 0 Å². The first kappa shape index (κ1) is 9.92. The zero-order valence-electron chi connectivity index (χ0n) is 7.46. The molecule has 62 valence electrons. The van der Waals surface area contributed by atoms with Crippen LogP contribution in [0, 0.1) is 0 Å². The summed E-state index contributed by atoms with van der Waals surface area (Å²) >= 11 is 0. The van der Waals surface area contributed by atoms with Crippen LogP contribution >= 0.6 is 0 Å². The first-order valence-corrected chi connectivity index (χ1v) is 4.01. The molecular formula is C8H19NO. The fraction of sp³-hybridized carbons (Fsp3) is 1.00. The molecule has 0 aliphatic rings. The van der Waals surface area contributed by atoms with Crippen LogP contribution in [-0.2, 0) is 0 Å². The first-order chi connectivity index (χ1) is 4.63. The summed E-state index contributed by atoms with van der Waals surface area (Å²) in [5.41, 5.74) is 0. The standard InChI is InChI=1S/C8H19NO/c1-5-8(7(3)10)9(4)6-2/h7-8,10H,5-6H2,1-4H3. The molecule has 2 unspecified atom stereocenters. The van der Waals surface area contributed by atoms with Crippen LogP contribution in [0.4, 0.5) is 0 Å². The number of hydrogen-bond acceptors (Lipinski definition) is 2. The van der Waals surface area contributed by atoms with Crippen LogP contribution < -0.4 is 0 Å². The zero-order chi connectivity index (χ0) is 8.15. The van der Waals surface area contributed by atoms with Gasteiger partial charge in [-0.3, -0.25) is 0 Å². The molecule has 0 rings (SSSR count). The average molecular weight is 145 g/mol. The average Bonchev–Trinajstić information content (AvgIpc) is 1.88. The third kappa shape index (κ3) is 2.67. The minimum atomic E-state index is -0.213. The Hall–Kier alpha value is -0.0800. The van der Waals surface area contributed by atoms with Gasteiger partial charge in [0.25, 0.3) is 0 Å². The summed E-state index contributed by atoms with van der Waals surface area (Å²) in [5.74, 6) is 0. The van der Waals surface area contributed by atoms with E-state index in [1.165, 1.54) is 0 Å². The van der Waals surface area contributed by atoms with Crippen molar-refractivity contribution in [2.75, 3.05) is 13.6 Å². The van der Waals surface area contributed by atoms with Crippen LogP contribution in [0.5, 0.6) is 0 Å². The lowest BCUT2D eigenvalue weighted by molar-refractivity contribution is 0.0770. The van der Waals surface area contributed by atoms with Gasteiger partial charge in [-0.1, -0.05) is 13.8 Å². The number of rotatable bonds is 4. The zero-order valence-corrected chi connectivity index (χ0v) is 7.46. The van der Waals surface area contributed by atoms with E-state index >= 15 is 0 Å². The quantitative estimate of drug-likeness (QED) is 0.640. The molecule has 0 saturated carbocycles. The van der Waals surface area contributed by atoms with Crippen molar-refractivity contribution in [2.45, 2.75) is 39.3 Å². The van der Waals surface area contributed by atoms with Crippen molar-refractivity contribution < 1.29 is 5.11 Å². The highest BCUT2D eigenvalue weighted by atomic mass is 16.3. The lowest BCUT2D eigenvalue weighted by Gasteiger charge is -2.27. The molecule has 0 spiro atoms. The Bertz CT molecular complexity index is 83.3. The number of nitrogens with zero attached hydrogens (tertiary/aromatic N) is 1. The van der Waals surface area contributed by atoms with Crippen molar-refractivity contribution in [1.29, 1.82) is 0 Å². The minimum absolute atomic E-state index is 0.213. The van der Waals surface area contributed by atoms with Gasteiger partial charge in [0.2, 0.25) is 0 Å². The molecule has 0 bridgehead atoms. The summed E-state index contributed by atoms with van der Waals surface area (Å²) < 4.78 is 0. The van der Waals surface area contributed by atoms with Crippen LogP contribution in [-0.4, -0.2) is 35.7 Å². The third-order valence-corrected chi connectivity index (χ3v) is 2.04. The van der Waals surface area contributed by atoms with Crippen molar-refractivity contribution in [2.24, 2.45) is 0 Å². The van der Waals surface area contributed by atoms with Crippen molar-refractivity contribution >= 4 is 0 Å². The van der Waals surface area contributed by atoms with Gasteiger partial charge in [-0.25, -0.2) is 0 Å². The van der Waals surface area contributed by atoms with E-state index in [4.69, 9.17) is 0 Å². The van der Waals surface area contributed by atoms with Crippen LogP contribution in [0.15, 0.2) is 0 Å². The fourth-order valence-corrected chi connectivity index (χ4v) is 1.26. The smallest absolute Gasteiger partial charge is 0.0667 e. The van der Waals surface area contributed by atoms with Crippen molar-refractivity contribution in [3.8, 4) is 0 Å². The van der Waals surface area contributed by atoms with Crippen molar-refractivity contribution in [3.63, 3.8) is 0 Å². The van der Waals surface area contributed by atoms with Crippen LogP contribution in [0.2, 0.25) is 0 Å². The van der Waals surface area contributed by atoms with Gasteiger partial charge in [0.05, 0.1) is 6.10 Å². The molecule has 2 nitrogen and oxygen atoms in total. The Labute approximate surface area is 63.8 Å². The number of aliphatic hydroxyl groups is 1. The van der Waals surface area contributed by atoms with Crippen LogP contribution in [0.25, 0.3) is 0 Å². The van der Waals surface area contributed by atoms with Crippen LogP contribution in [0.1, 0.15) is 27.2 Å². The summed E-state index contributed by atoms with van der Waals surface area (Å²) in [6.07, 6.45) is 0.803. The van der Waals surface area contributed by atoms with Gasteiger partial charge in [-0.15, -0.1) is 0 Å². The van der Waals surface area contributed by atoms with E-state index in [0.717, 1.165) is 13.0 Å². The second-order valence-corrected chi connectivity index (χ2v) is 2.79. The van der Waals surface area contributed by atoms with Gasteiger partial charge in [-0.2, -0.15) is 0 Å². The second-order valence-electron chi connectivity index (χ2n) is 2.79. The maximum atomic E-state index is 9.27. The monoisotopic (exact) mass is 145 g/mol. The van der Waals surface area contributed by atoms with E-state index in [0.29, 0.717) is 6.04 Å². The van der Waals surface area contributed by atoms with Gasteiger partial charge in [0.1, 0.15) is 0 Å². The molecule has 0 saturated heterocycles. The molecule has 0 amide bonds.